The van der Waals surface area contributed by atoms with E-state index in [0.717, 1.165) is 13.0 Å². The first kappa shape index (κ1) is 11.0. The van der Waals surface area contributed by atoms with E-state index in [1.807, 2.05) is 0 Å². The average molecular weight is 224 g/mol. The van der Waals surface area contributed by atoms with Crippen LogP contribution in [0.5, 0.6) is 0 Å². The standard InChI is InChI=1S/C13H18ClN/c1-10(2)15-6-5-12-7-11(8-14)3-4-13(12)9-15/h3-4,7,10H,5-6,8-9H2,1-2H3. The average Bonchev–Trinajstić information content (AvgIpc) is 2.27. The third-order valence-electron chi connectivity index (χ3n) is 3.20. The Balaban J connectivity index is 2.21. The molecule has 0 aliphatic carbocycles. The van der Waals surface area contributed by atoms with Crippen LogP contribution in [0.4, 0.5) is 0 Å². The highest BCUT2D eigenvalue weighted by molar-refractivity contribution is 6.17. The molecule has 0 amide bonds. The summed E-state index contributed by atoms with van der Waals surface area (Å²) >= 11 is 5.84. The minimum Gasteiger partial charge on any atom is -0.296 e. The minimum absolute atomic E-state index is 0.626. The second kappa shape index (κ2) is 4.54. The van der Waals surface area contributed by atoms with E-state index in [-0.39, 0.29) is 0 Å². The summed E-state index contributed by atoms with van der Waals surface area (Å²) in [5.41, 5.74) is 4.21. The Morgan fingerprint density at radius 1 is 1.33 bits per heavy atom. The molecule has 0 N–H and O–H groups in total. The number of nitrogens with zero attached hydrogens (tertiary/aromatic N) is 1. The quantitative estimate of drug-likeness (QED) is 0.697. The van der Waals surface area contributed by atoms with Gasteiger partial charge in [0.05, 0.1) is 0 Å². The van der Waals surface area contributed by atoms with E-state index >= 15 is 0 Å². The smallest absolute Gasteiger partial charge is 0.0474 e. The minimum atomic E-state index is 0.626. The maximum Gasteiger partial charge on any atom is 0.0474 e. The van der Waals surface area contributed by atoms with Crippen LogP contribution in [-0.4, -0.2) is 17.5 Å². The Morgan fingerprint density at radius 3 is 2.80 bits per heavy atom. The van der Waals surface area contributed by atoms with Gasteiger partial charge in [-0.3, -0.25) is 4.90 Å². The van der Waals surface area contributed by atoms with Gasteiger partial charge in [0.15, 0.2) is 0 Å². The molecule has 0 fully saturated rings. The lowest BCUT2D eigenvalue weighted by atomic mass is 9.97. The molecule has 0 unspecified atom stereocenters. The molecule has 15 heavy (non-hydrogen) atoms. The van der Waals surface area contributed by atoms with Crippen molar-refractivity contribution in [1.82, 2.24) is 4.90 Å². The summed E-state index contributed by atoms with van der Waals surface area (Å²) in [5.74, 6) is 0.626. The lowest BCUT2D eigenvalue weighted by molar-refractivity contribution is 0.203. The number of hydrogen-bond donors (Lipinski definition) is 0. The molecule has 1 aliphatic heterocycles. The Kier molecular flexibility index (Phi) is 3.32. The van der Waals surface area contributed by atoms with E-state index in [1.165, 1.54) is 23.2 Å². The summed E-state index contributed by atoms with van der Waals surface area (Å²) in [6.07, 6.45) is 1.16. The molecule has 1 nitrogen and oxygen atoms in total. The normalized spacial score (nSPS) is 16.8. The second-order valence-electron chi connectivity index (χ2n) is 4.55. The summed E-state index contributed by atoms with van der Waals surface area (Å²) < 4.78 is 0. The zero-order valence-electron chi connectivity index (χ0n) is 9.46. The molecule has 0 saturated carbocycles. The fraction of sp³-hybridized carbons (Fsp3) is 0.538. The molecule has 0 saturated heterocycles. The summed E-state index contributed by atoms with van der Waals surface area (Å²) in [6, 6.07) is 7.29. The first-order chi connectivity index (χ1) is 7.20. The van der Waals surface area contributed by atoms with Gasteiger partial charge in [0.25, 0.3) is 0 Å². The van der Waals surface area contributed by atoms with Gasteiger partial charge in [0.1, 0.15) is 0 Å². The van der Waals surface area contributed by atoms with E-state index in [0.29, 0.717) is 11.9 Å². The molecule has 0 aromatic heterocycles. The summed E-state index contributed by atoms with van der Waals surface area (Å²) in [5, 5.41) is 0. The van der Waals surface area contributed by atoms with Crippen molar-refractivity contribution in [3.05, 3.63) is 34.9 Å². The van der Waals surface area contributed by atoms with Crippen molar-refractivity contribution in [2.75, 3.05) is 6.54 Å². The predicted molar refractivity (Wildman–Crippen MR) is 65.2 cm³/mol. The van der Waals surface area contributed by atoms with Crippen molar-refractivity contribution in [2.24, 2.45) is 0 Å². The molecule has 82 valence electrons. The highest BCUT2D eigenvalue weighted by atomic mass is 35.5. The molecule has 2 rings (SSSR count). The van der Waals surface area contributed by atoms with Gasteiger partial charge in [0.2, 0.25) is 0 Å². The monoisotopic (exact) mass is 223 g/mol. The molecule has 1 aromatic rings. The summed E-state index contributed by atoms with van der Waals surface area (Å²) in [6.45, 7) is 6.79. The van der Waals surface area contributed by atoms with Crippen LogP contribution in [0.2, 0.25) is 0 Å². The number of halogens is 1. The largest absolute Gasteiger partial charge is 0.296 e. The lowest BCUT2D eigenvalue weighted by Crippen LogP contribution is -2.35. The second-order valence-corrected chi connectivity index (χ2v) is 4.82. The molecule has 1 heterocycles. The molecule has 0 bridgehead atoms. The molecule has 0 spiro atoms. The van der Waals surface area contributed by atoms with Crippen molar-refractivity contribution in [2.45, 2.75) is 38.7 Å². The van der Waals surface area contributed by atoms with Crippen molar-refractivity contribution in [3.8, 4) is 0 Å². The Bertz CT molecular complexity index is 346. The van der Waals surface area contributed by atoms with Gasteiger partial charge in [-0.15, -0.1) is 11.6 Å². The van der Waals surface area contributed by atoms with Crippen LogP contribution in [0.15, 0.2) is 18.2 Å². The van der Waals surface area contributed by atoms with E-state index in [2.05, 4.69) is 36.9 Å². The maximum atomic E-state index is 5.84. The van der Waals surface area contributed by atoms with Gasteiger partial charge in [-0.2, -0.15) is 0 Å². The number of alkyl halides is 1. The van der Waals surface area contributed by atoms with Crippen molar-refractivity contribution in [3.63, 3.8) is 0 Å². The number of fused-ring (bicyclic) bond motifs is 1. The maximum absolute atomic E-state index is 5.84. The molecular weight excluding hydrogens is 206 g/mol. The first-order valence-electron chi connectivity index (χ1n) is 5.61. The molecule has 2 heteroatoms. The number of benzene rings is 1. The first-order valence-corrected chi connectivity index (χ1v) is 6.15. The Labute approximate surface area is 97.0 Å². The van der Waals surface area contributed by atoms with Gasteiger partial charge >= 0.3 is 0 Å². The highest BCUT2D eigenvalue weighted by Crippen LogP contribution is 2.22. The molecule has 1 aromatic carbocycles. The van der Waals surface area contributed by atoms with Gasteiger partial charge in [-0.05, 0) is 37.0 Å². The third-order valence-corrected chi connectivity index (χ3v) is 3.51. The zero-order valence-corrected chi connectivity index (χ0v) is 10.2. The van der Waals surface area contributed by atoms with E-state index < -0.39 is 0 Å². The van der Waals surface area contributed by atoms with Crippen LogP contribution in [0, 0.1) is 0 Å². The van der Waals surface area contributed by atoms with Gasteiger partial charge in [-0.25, -0.2) is 0 Å². The lowest BCUT2D eigenvalue weighted by Gasteiger charge is -2.32. The SMILES string of the molecule is CC(C)N1CCc2cc(CCl)ccc2C1. The third kappa shape index (κ3) is 2.35. The topological polar surface area (TPSA) is 3.24 Å². The highest BCUT2D eigenvalue weighted by Gasteiger charge is 2.17. The Hall–Kier alpha value is -0.530. The van der Waals surface area contributed by atoms with E-state index in [4.69, 9.17) is 11.6 Å². The summed E-state index contributed by atoms with van der Waals surface area (Å²) in [4.78, 5) is 2.52. The van der Waals surface area contributed by atoms with Crippen LogP contribution < -0.4 is 0 Å². The Morgan fingerprint density at radius 2 is 2.13 bits per heavy atom. The molecule has 1 aliphatic rings. The van der Waals surface area contributed by atoms with Crippen molar-refractivity contribution >= 4 is 11.6 Å². The van der Waals surface area contributed by atoms with Crippen LogP contribution in [0.3, 0.4) is 0 Å². The van der Waals surface area contributed by atoms with Crippen LogP contribution in [-0.2, 0) is 18.8 Å². The predicted octanol–water partition coefficient (Wildman–Crippen LogP) is 3.19. The van der Waals surface area contributed by atoms with E-state index in [9.17, 15) is 0 Å². The number of hydrogen-bond acceptors (Lipinski definition) is 1. The fourth-order valence-corrected chi connectivity index (χ4v) is 2.32. The van der Waals surface area contributed by atoms with Gasteiger partial charge < -0.3 is 0 Å². The fourth-order valence-electron chi connectivity index (χ4n) is 2.15. The summed E-state index contributed by atoms with van der Waals surface area (Å²) in [7, 11) is 0. The van der Waals surface area contributed by atoms with E-state index in [1.54, 1.807) is 0 Å². The van der Waals surface area contributed by atoms with Gasteiger partial charge in [0, 0.05) is 25.0 Å². The molecule has 0 radical (unpaired) electrons. The zero-order chi connectivity index (χ0) is 10.8. The molecule has 0 atom stereocenters. The van der Waals surface area contributed by atoms with Crippen LogP contribution in [0.25, 0.3) is 0 Å². The van der Waals surface area contributed by atoms with Crippen molar-refractivity contribution in [1.29, 1.82) is 0 Å². The van der Waals surface area contributed by atoms with Gasteiger partial charge in [-0.1, -0.05) is 18.2 Å². The number of rotatable bonds is 2. The van der Waals surface area contributed by atoms with Crippen LogP contribution in [0.1, 0.15) is 30.5 Å². The van der Waals surface area contributed by atoms with Crippen LogP contribution >= 0.6 is 11.6 Å². The molecular formula is C13H18ClN. The van der Waals surface area contributed by atoms with Crippen molar-refractivity contribution < 1.29 is 0 Å².